The first kappa shape index (κ1) is 14.2. The molecule has 0 saturated carbocycles. The van der Waals surface area contributed by atoms with Crippen molar-refractivity contribution in [1.29, 1.82) is 0 Å². The summed E-state index contributed by atoms with van der Waals surface area (Å²) in [7, 11) is -3.39. The summed E-state index contributed by atoms with van der Waals surface area (Å²) in [6.45, 7) is 0.518. The summed E-state index contributed by atoms with van der Waals surface area (Å²) in [5, 5.41) is 0. The Morgan fingerprint density at radius 3 is 2.74 bits per heavy atom. The topological polar surface area (TPSA) is 52.6 Å². The first-order valence-electron chi connectivity index (χ1n) is 6.26. The van der Waals surface area contributed by atoms with Gasteiger partial charge in [0.15, 0.2) is 0 Å². The second-order valence-corrected chi connectivity index (χ2v) is 6.23. The fourth-order valence-corrected chi connectivity index (χ4v) is 2.72. The third-order valence-corrected chi connectivity index (χ3v) is 3.50. The van der Waals surface area contributed by atoms with Crippen LogP contribution in [0.15, 0.2) is 36.4 Å². The van der Waals surface area contributed by atoms with Gasteiger partial charge in [-0.25, -0.2) is 0 Å². The fraction of sp³-hybridized carbons (Fsp3) is 0.429. The Kier molecular flexibility index (Phi) is 4.74. The van der Waals surface area contributed by atoms with Crippen LogP contribution in [0.1, 0.15) is 18.4 Å². The Labute approximate surface area is 114 Å². The molecule has 104 valence electrons. The summed E-state index contributed by atoms with van der Waals surface area (Å²) in [6.07, 6.45) is 5.81. The molecular formula is C14H18O4S. The standard InChI is InChI=1S/C14H18O4S/c1-19(15,16)18-14-9-10-17-13(11-14)8-7-12-5-3-2-4-6-12/h2-8,13-14H,9-11H2,1H3/b8-7+/t13-,14-/m1/s1. The molecule has 5 heteroatoms. The van der Waals surface area contributed by atoms with E-state index in [-0.39, 0.29) is 12.2 Å². The number of benzene rings is 1. The van der Waals surface area contributed by atoms with Crippen molar-refractivity contribution in [2.75, 3.05) is 12.9 Å². The molecule has 1 fully saturated rings. The maximum absolute atomic E-state index is 11.1. The Bertz CT molecular complexity index is 522. The average Bonchev–Trinajstić information content (AvgIpc) is 2.36. The quantitative estimate of drug-likeness (QED) is 0.795. The minimum absolute atomic E-state index is 0.0966. The normalized spacial score (nSPS) is 24.7. The molecule has 0 spiro atoms. The van der Waals surface area contributed by atoms with Crippen molar-refractivity contribution in [2.45, 2.75) is 25.0 Å². The molecule has 1 aromatic rings. The van der Waals surface area contributed by atoms with Crippen LogP contribution in [0.5, 0.6) is 0 Å². The van der Waals surface area contributed by atoms with E-state index >= 15 is 0 Å². The van der Waals surface area contributed by atoms with Crippen LogP contribution in [0.3, 0.4) is 0 Å². The van der Waals surface area contributed by atoms with Crippen LogP contribution in [0.25, 0.3) is 6.08 Å². The SMILES string of the molecule is CS(=O)(=O)O[C@@H]1CCO[C@H](/C=C/c2ccccc2)C1. The van der Waals surface area contributed by atoms with Crippen LogP contribution in [0.4, 0.5) is 0 Å². The Hall–Kier alpha value is -1.17. The molecule has 2 rings (SSSR count). The molecule has 0 unspecified atom stereocenters. The number of hydrogen-bond donors (Lipinski definition) is 0. The Morgan fingerprint density at radius 2 is 2.05 bits per heavy atom. The second-order valence-electron chi connectivity index (χ2n) is 4.63. The van der Waals surface area contributed by atoms with Gasteiger partial charge in [0.2, 0.25) is 0 Å². The Morgan fingerprint density at radius 1 is 1.32 bits per heavy atom. The molecule has 0 aliphatic carbocycles. The van der Waals surface area contributed by atoms with Gasteiger partial charge in [0.05, 0.1) is 18.5 Å². The van der Waals surface area contributed by atoms with Crippen LogP contribution in [-0.4, -0.2) is 33.5 Å². The Balaban J connectivity index is 1.93. The molecule has 0 N–H and O–H groups in total. The molecule has 2 atom stereocenters. The molecule has 4 nitrogen and oxygen atoms in total. The molecule has 0 bridgehead atoms. The van der Waals surface area contributed by atoms with Crippen LogP contribution >= 0.6 is 0 Å². The van der Waals surface area contributed by atoms with Crippen molar-refractivity contribution in [3.63, 3.8) is 0 Å². The molecule has 1 aliphatic heterocycles. The monoisotopic (exact) mass is 282 g/mol. The molecule has 0 amide bonds. The molecule has 1 heterocycles. The number of ether oxygens (including phenoxy) is 1. The van der Waals surface area contributed by atoms with Gasteiger partial charge in [0, 0.05) is 13.0 Å². The van der Waals surface area contributed by atoms with Crippen molar-refractivity contribution in [3.8, 4) is 0 Å². The third kappa shape index (κ3) is 5.14. The minimum Gasteiger partial charge on any atom is -0.374 e. The lowest BCUT2D eigenvalue weighted by Gasteiger charge is -2.26. The molecule has 1 saturated heterocycles. The average molecular weight is 282 g/mol. The summed E-state index contributed by atoms with van der Waals surface area (Å²) < 4.78 is 32.8. The van der Waals surface area contributed by atoms with Gasteiger partial charge >= 0.3 is 0 Å². The largest absolute Gasteiger partial charge is 0.374 e. The van der Waals surface area contributed by atoms with Gasteiger partial charge in [-0.15, -0.1) is 0 Å². The maximum atomic E-state index is 11.1. The summed E-state index contributed by atoms with van der Waals surface area (Å²) in [5.74, 6) is 0. The van der Waals surface area contributed by atoms with Gasteiger partial charge in [-0.05, 0) is 12.0 Å². The van der Waals surface area contributed by atoms with Crippen molar-refractivity contribution in [1.82, 2.24) is 0 Å². The highest BCUT2D eigenvalue weighted by Crippen LogP contribution is 2.20. The highest BCUT2D eigenvalue weighted by Gasteiger charge is 2.24. The summed E-state index contributed by atoms with van der Waals surface area (Å²) in [6, 6.07) is 9.91. The minimum atomic E-state index is -3.39. The van der Waals surface area contributed by atoms with Crippen LogP contribution < -0.4 is 0 Å². The van der Waals surface area contributed by atoms with Gasteiger partial charge in [0.25, 0.3) is 10.1 Å². The lowest BCUT2D eigenvalue weighted by atomic mass is 10.0. The molecule has 1 aliphatic rings. The van der Waals surface area contributed by atoms with E-state index in [1.165, 1.54) is 0 Å². The smallest absolute Gasteiger partial charge is 0.264 e. The maximum Gasteiger partial charge on any atom is 0.264 e. The predicted molar refractivity (Wildman–Crippen MR) is 74.2 cm³/mol. The zero-order chi connectivity index (χ0) is 13.7. The third-order valence-electron chi connectivity index (χ3n) is 2.88. The lowest BCUT2D eigenvalue weighted by molar-refractivity contribution is -0.00856. The summed E-state index contributed by atoms with van der Waals surface area (Å²) in [5.41, 5.74) is 1.09. The summed E-state index contributed by atoms with van der Waals surface area (Å²) in [4.78, 5) is 0. The van der Waals surface area contributed by atoms with E-state index in [0.717, 1.165) is 11.8 Å². The molecule has 0 radical (unpaired) electrons. The second kappa shape index (κ2) is 6.32. The molecule has 1 aromatic carbocycles. The molecule has 0 aromatic heterocycles. The van der Waals surface area contributed by atoms with Gasteiger partial charge < -0.3 is 4.74 Å². The zero-order valence-corrected chi connectivity index (χ0v) is 11.7. The molecular weight excluding hydrogens is 264 g/mol. The van der Waals surface area contributed by atoms with E-state index in [2.05, 4.69) is 0 Å². The first-order valence-corrected chi connectivity index (χ1v) is 8.08. The van der Waals surface area contributed by atoms with Crippen molar-refractivity contribution in [3.05, 3.63) is 42.0 Å². The van der Waals surface area contributed by atoms with E-state index in [9.17, 15) is 8.42 Å². The predicted octanol–water partition coefficient (Wildman–Crippen LogP) is 2.22. The first-order chi connectivity index (χ1) is 9.03. The highest BCUT2D eigenvalue weighted by molar-refractivity contribution is 7.86. The van der Waals surface area contributed by atoms with Crippen LogP contribution in [0.2, 0.25) is 0 Å². The van der Waals surface area contributed by atoms with E-state index in [1.54, 1.807) is 0 Å². The van der Waals surface area contributed by atoms with Crippen LogP contribution in [0, 0.1) is 0 Å². The summed E-state index contributed by atoms with van der Waals surface area (Å²) >= 11 is 0. The van der Waals surface area contributed by atoms with Crippen molar-refractivity contribution >= 4 is 16.2 Å². The fourth-order valence-electron chi connectivity index (χ4n) is 2.05. The van der Waals surface area contributed by atoms with Crippen LogP contribution in [-0.2, 0) is 19.0 Å². The van der Waals surface area contributed by atoms with Gasteiger partial charge in [-0.3, -0.25) is 4.18 Å². The number of hydrogen-bond acceptors (Lipinski definition) is 4. The van der Waals surface area contributed by atoms with E-state index in [0.29, 0.717) is 19.4 Å². The molecule has 19 heavy (non-hydrogen) atoms. The van der Waals surface area contributed by atoms with Crippen molar-refractivity contribution in [2.24, 2.45) is 0 Å². The van der Waals surface area contributed by atoms with Crippen molar-refractivity contribution < 1.29 is 17.3 Å². The highest BCUT2D eigenvalue weighted by atomic mass is 32.2. The lowest BCUT2D eigenvalue weighted by Crippen LogP contribution is -2.31. The zero-order valence-electron chi connectivity index (χ0n) is 10.9. The van der Waals surface area contributed by atoms with E-state index < -0.39 is 10.1 Å². The van der Waals surface area contributed by atoms with Gasteiger partial charge in [0.1, 0.15) is 0 Å². The van der Waals surface area contributed by atoms with E-state index in [1.807, 2.05) is 42.5 Å². The number of rotatable bonds is 4. The van der Waals surface area contributed by atoms with Gasteiger partial charge in [-0.1, -0.05) is 42.5 Å². The van der Waals surface area contributed by atoms with Gasteiger partial charge in [-0.2, -0.15) is 8.42 Å². The van der Waals surface area contributed by atoms with E-state index in [4.69, 9.17) is 8.92 Å².